The molecule has 1 N–H and O–H groups in total. The maximum Gasteiger partial charge on any atom is 0.417 e. The van der Waals surface area contributed by atoms with Crippen molar-refractivity contribution in [3.8, 4) is 0 Å². The molecule has 1 saturated heterocycles. The monoisotopic (exact) mass is 281 g/mol. The van der Waals surface area contributed by atoms with Gasteiger partial charge >= 0.3 is 6.09 Å². The van der Waals surface area contributed by atoms with Crippen LogP contribution in [-0.2, 0) is 16.9 Å². The summed E-state index contributed by atoms with van der Waals surface area (Å²) in [5.74, 6) is -1.58. The predicted octanol–water partition coefficient (Wildman–Crippen LogP) is 2.80. The standard InChI is InChI=1S/C17H15NO3/c19-16-18-14-9-5-4-6-12(14)10-11-15(18)17(20,21-16)13-7-2-1-3-8-13/h1-9,15,20H,10-11H2. The van der Waals surface area contributed by atoms with E-state index in [1.165, 1.54) is 0 Å². The number of para-hydroxylation sites is 1. The van der Waals surface area contributed by atoms with Crippen molar-refractivity contribution in [2.75, 3.05) is 4.90 Å². The van der Waals surface area contributed by atoms with E-state index in [2.05, 4.69) is 0 Å². The summed E-state index contributed by atoms with van der Waals surface area (Å²) < 4.78 is 5.38. The third-order valence-electron chi connectivity index (χ3n) is 4.33. The van der Waals surface area contributed by atoms with Crippen molar-refractivity contribution in [2.24, 2.45) is 0 Å². The van der Waals surface area contributed by atoms with Crippen LogP contribution in [0.15, 0.2) is 54.6 Å². The van der Waals surface area contributed by atoms with Crippen molar-refractivity contribution in [3.63, 3.8) is 0 Å². The van der Waals surface area contributed by atoms with Crippen LogP contribution < -0.4 is 4.90 Å². The number of nitrogens with zero attached hydrogens (tertiary/aromatic N) is 1. The number of cyclic esters (lactones) is 1. The Hall–Kier alpha value is -2.33. The van der Waals surface area contributed by atoms with Crippen LogP contribution in [0.25, 0.3) is 0 Å². The summed E-state index contributed by atoms with van der Waals surface area (Å²) in [6.45, 7) is 0. The lowest BCUT2D eigenvalue weighted by Crippen LogP contribution is -2.46. The van der Waals surface area contributed by atoms with Gasteiger partial charge in [-0.1, -0.05) is 48.5 Å². The lowest BCUT2D eigenvalue weighted by atomic mass is 9.88. The zero-order valence-electron chi connectivity index (χ0n) is 11.4. The Labute approximate surface area is 122 Å². The lowest BCUT2D eigenvalue weighted by molar-refractivity contribution is -0.159. The molecule has 106 valence electrons. The number of rotatable bonds is 1. The van der Waals surface area contributed by atoms with E-state index >= 15 is 0 Å². The molecule has 0 radical (unpaired) electrons. The van der Waals surface area contributed by atoms with Crippen molar-refractivity contribution in [1.82, 2.24) is 0 Å². The van der Waals surface area contributed by atoms with E-state index in [1.807, 2.05) is 42.5 Å². The molecular weight excluding hydrogens is 266 g/mol. The van der Waals surface area contributed by atoms with Gasteiger partial charge in [0.2, 0.25) is 0 Å². The molecule has 0 spiro atoms. The maximum atomic E-state index is 12.3. The molecular formula is C17H15NO3. The molecule has 2 atom stereocenters. The molecule has 1 fully saturated rings. The normalized spacial score (nSPS) is 27.0. The SMILES string of the molecule is O=C1OC(O)(c2ccccc2)C2CCc3ccccc3N12. The van der Waals surface area contributed by atoms with Crippen LogP contribution in [-0.4, -0.2) is 17.2 Å². The molecule has 2 aliphatic rings. The molecule has 0 aromatic heterocycles. The number of fused-ring (bicyclic) bond motifs is 3. The minimum absolute atomic E-state index is 0.387. The summed E-state index contributed by atoms with van der Waals surface area (Å²) in [5, 5.41) is 11.0. The minimum Gasteiger partial charge on any atom is -0.410 e. The van der Waals surface area contributed by atoms with Crippen LogP contribution in [0, 0.1) is 0 Å². The first-order valence-electron chi connectivity index (χ1n) is 7.08. The summed E-state index contributed by atoms with van der Waals surface area (Å²) in [4.78, 5) is 13.9. The Morgan fingerprint density at radius 1 is 1.10 bits per heavy atom. The summed E-state index contributed by atoms with van der Waals surface area (Å²) in [7, 11) is 0. The van der Waals surface area contributed by atoms with Gasteiger partial charge in [0.15, 0.2) is 0 Å². The van der Waals surface area contributed by atoms with Gasteiger partial charge in [-0.05, 0) is 24.5 Å². The van der Waals surface area contributed by atoms with Crippen LogP contribution in [0.5, 0.6) is 0 Å². The van der Waals surface area contributed by atoms with Crippen molar-refractivity contribution in [1.29, 1.82) is 0 Å². The number of anilines is 1. The van der Waals surface area contributed by atoms with Crippen molar-refractivity contribution >= 4 is 11.8 Å². The summed E-state index contributed by atoms with van der Waals surface area (Å²) >= 11 is 0. The fourth-order valence-corrected chi connectivity index (χ4v) is 3.32. The second kappa shape index (κ2) is 4.33. The smallest absolute Gasteiger partial charge is 0.410 e. The van der Waals surface area contributed by atoms with E-state index < -0.39 is 11.9 Å². The Morgan fingerprint density at radius 2 is 1.81 bits per heavy atom. The van der Waals surface area contributed by atoms with E-state index in [4.69, 9.17) is 4.74 Å². The summed E-state index contributed by atoms with van der Waals surface area (Å²) in [6.07, 6.45) is 1.01. The van der Waals surface area contributed by atoms with Crippen LogP contribution in [0.4, 0.5) is 10.5 Å². The number of amides is 1. The third-order valence-corrected chi connectivity index (χ3v) is 4.33. The highest BCUT2D eigenvalue weighted by Gasteiger charge is 2.56. The molecule has 2 heterocycles. The molecule has 4 nitrogen and oxygen atoms in total. The quantitative estimate of drug-likeness (QED) is 0.874. The van der Waals surface area contributed by atoms with Crippen molar-refractivity contribution in [2.45, 2.75) is 24.7 Å². The molecule has 2 aromatic rings. The van der Waals surface area contributed by atoms with Crippen molar-refractivity contribution < 1.29 is 14.6 Å². The van der Waals surface area contributed by atoms with Gasteiger partial charge in [0.25, 0.3) is 5.79 Å². The van der Waals surface area contributed by atoms with E-state index in [-0.39, 0.29) is 6.04 Å². The number of carbonyl (C=O) groups excluding carboxylic acids is 1. The minimum atomic E-state index is -1.58. The van der Waals surface area contributed by atoms with Crippen molar-refractivity contribution in [3.05, 3.63) is 65.7 Å². The lowest BCUT2D eigenvalue weighted by Gasteiger charge is -2.34. The predicted molar refractivity (Wildman–Crippen MR) is 77.8 cm³/mol. The third kappa shape index (κ3) is 1.69. The van der Waals surface area contributed by atoms with Gasteiger partial charge in [0.05, 0.1) is 5.69 Å². The Morgan fingerprint density at radius 3 is 2.62 bits per heavy atom. The molecule has 0 saturated carbocycles. The van der Waals surface area contributed by atoms with Gasteiger partial charge in [0.1, 0.15) is 6.04 Å². The molecule has 2 aliphatic heterocycles. The molecule has 0 aliphatic carbocycles. The van der Waals surface area contributed by atoms with E-state index in [1.54, 1.807) is 17.0 Å². The van der Waals surface area contributed by atoms with Gasteiger partial charge in [-0.3, -0.25) is 4.90 Å². The zero-order chi connectivity index (χ0) is 14.4. The molecule has 21 heavy (non-hydrogen) atoms. The highest BCUT2D eigenvalue weighted by atomic mass is 16.7. The van der Waals surface area contributed by atoms with E-state index in [0.717, 1.165) is 17.7 Å². The molecule has 2 aromatic carbocycles. The van der Waals surface area contributed by atoms with Gasteiger partial charge in [0, 0.05) is 5.56 Å². The second-order valence-corrected chi connectivity index (χ2v) is 5.48. The fourth-order valence-electron chi connectivity index (χ4n) is 3.32. The largest absolute Gasteiger partial charge is 0.417 e. The molecule has 4 rings (SSSR count). The Kier molecular flexibility index (Phi) is 2.56. The Bertz CT molecular complexity index is 700. The molecule has 4 heteroatoms. The first-order valence-corrected chi connectivity index (χ1v) is 7.08. The zero-order valence-corrected chi connectivity index (χ0v) is 11.4. The number of benzene rings is 2. The topological polar surface area (TPSA) is 49.8 Å². The summed E-state index contributed by atoms with van der Waals surface area (Å²) in [6, 6.07) is 16.5. The first-order chi connectivity index (χ1) is 10.2. The second-order valence-electron chi connectivity index (χ2n) is 5.48. The average molecular weight is 281 g/mol. The number of hydrogen-bond donors (Lipinski definition) is 1. The Balaban J connectivity index is 1.82. The van der Waals surface area contributed by atoms with E-state index in [0.29, 0.717) is 12.0 Å². The molecule has 0 bridgehead atoms. The average Bonchev–Trinajstić information content (AvgIpc) is 2.81. The van der Waals surface area contributed by atoms with Gasteiger partial charge in [-0.2, -0.15) is 0 Å². The maximum absolute atomic E-state index is 12.3. The highest BCUT2D eigenvalue weighted by molar-refractivity contribution is 5.92. The number of aryl methyl sites for hydroxylation is 1. The van der Waals surface area contributed by atoms with Gasteiger partial charge in [-0.15, -0.1) is 0 Å². The first kappa shape index (κ1) is 12.4. The highest BCUT2D eigenvalue weighted by Crippen LogP contribution is 2.45. The fraction of sp³-hybridized carbons (Fsp3) is 0.235. The van der Waals surface area contributed by atoms with Crippen LogP contribution in [0.3, 0.4) is 0 Å². The number of hydrogen-bond acceptors (Lipinski definition) is 3. The van der Waals surface area contributed by atoms with E-state index in [9.17, 15) is 9.90 Å². The summed E-state index contributed by atoms with van der Waals surface area (Å²) in [5.41, 5.74) is 2.57. The van der Waals surface area contributed by atoms with Crippen LogP contribution in [0.1, 0.15) is 17.5 Å². The molecule has 2 unspecified atom stereocenters. The molecule has 1 amide bonds. The van der Waals surface area contributed by atoms with Crippen LogP contribution in [0.2, 0.25) is 0 Å². The number of ether oxygens (including phenoxy) is 1. The van der Waals surface area contributed by atoms with Gasteiger partial charge < -0.3 is 9.84 Å². The van der Waals surface area contributed by atoms with Gasteiger partial charge in [-0.25, -0.2) is 4.79 Å². The number of aliphatic hydroxyl groups is 1. The van der Waals surface area contributed by atoms with Crippen LogP contribution >= 0.6 is 0 Å². The number of carbonyl (C=O) groups is 1.